The van der Waals surface area contributed by atoms with Gasteiger partial charge < -0.3 is 11.5 Å². The van der Waals surface area contributed by atoms with Gasteiger partial charge in [-0.3, -0.25) is 0 Å². The van der Waals surface area contributed by atoms with Gasteiger partial charge in [0.05, 0.1) is 0 Å². The zero-order chi connectivity index (χ0) is 13.1. The van der Waals surface area contributed by atoms with E-state index in [9.17, 15) is 0 Å². The predicted octanol–water partition coefficient (Wildman–Crippen LogP) is 3.05. The zero-order valence-corrected chi connectivity index (χ0v) is 12.3. The molecule has 2 fully saturated rings. The third-order valence-corrected chi connectivity index (χ3v) is 5.74. The normalized spacial score (nSPS) is 36.5. The molecule has 0 radical (unpaired) electrons. The molecule has 2 nitrogen and oxygen atoms in total. The molecule has 2 aliphatic carbocycles. The summed E-state index contributed by atoms with van der Waals surface area (Å²) < 4.78 is 0. The van der Waals surface area contributed by atoms with E-state index in [-0.39, 0.29) is 21.9 Å². The van der Waals surface area contributed by atoms with E-state index >= 15 is 0 Å². The minimum Gasteiger partial charge on any atom is -0.325 e. The van der Waals surface area contributed by atoms with E-state index in [0.717, 1.165) is 5.92 Å². The topological polar surface area (TPSA) is 52.0 Å². The molecule has 17 heavy (non-hydrogen) atoms. The highest BCUT2D eigenvalue weighted by atomic mass is 14.9. The first-order valence-corrected chi connectivity index (χ1v) is 7.07. The molecule has 0 aliphatic heterocycles. The molecule has 0 bridgehead atoms. The fraction of sp³-hybridized carbons (Fsp3) is 1.00. The highest BCUT2D eigenvalue weighted by Gasteiger charge is 2.55. The molecule has 4 N–H and O–H groups in total. The molecule has 0 amide bonds. The maximum Gasteiger partial charge on any atom is 0.0208 e. The number of hydrogen-bond acceptors (Lipinski definition) is 2. The van der Waals surface area contributed by atoms with E-state index in [1.807, 2.05) is 0 Å². The Balaban J connectivity index is 1.89. The van der Waals surface area contributed by atoms with Crippen LogP contribution < -0.4 is 11.5 Å². The van der Waals surface area contributed by atoms with E-state index in [1.165, 1.54) is 32.1 Å². The van der Waals surface area contributed by atoms with Crippen molar-refractivity contribution in [1.29, 1.82) is 0 Å². The molecule has 2 saturated carbocycles. The Labute approximate surface area is 107 Å². The lowest BCUT2D eigenvalue weighted by Crippen LogP contribution is -2.61. The fourth-order valence-electron chi connectivity index (χ4n) is 3.46. The minimum absolute atomic E-state index is 0.0546. The van der Waals surface area contributed by atoms with Crippen LogP contribution in [0.15, 0.2) is 0 Å². The quantitative estimate of drug-likeness (QED) is 0.794. The summed E-state index contributed by atoms with van der Waals surface area (Å²) in [6.45, 7) is 11.5. The molecule has 0 spiro atoms. The third kappa shape index (κ3) is 2.15. The summed E-state index contributed by atoms with van der Waals surface area (Å²) in [4.78, 5) is 0. The van der Waals surface area contributed by atoms with Crippen LogP contribution in [-0.4, -0.2) is 11.1 Å². The van der Waals surface area contributed by atoms with Gasteiger partial charge in [0.15, 0.2) is 0 Å². The number of hydrogen-bond donors (Lipinski definition) is 2. The van der Waals surface area contributed by atoms with Gasteiger partial charge in [-0.15, -0.1) is 0 Å². The van der Waals surface area contributed by atoms with Gasteiger partial charge >= 0.3 is 0 Å². The molecule has 0 unspecified atom stereocenters. The van der Waals surface area contributed by atoms with Gasteiger partial charge in [-0.25, -0.2) is 0 Å². The van der Waals surface area contributed by atoms with E-state index in [4.69, 9.17) is 11.5 Å². The van der Waals surface area contributed by atoms with E-state index in [0.29, 0.717) is 0 Å². The minimum atomic E-state index is 0.0546. The van der Waals surface area contributed by atoms with Gasteiger partial charge in [-0.2, -0.15) is 0 Å². The Bertz CT molecular complexity index is 301. The maximum atomic E-state index is 6.48. The van der Waals surface area contributed by atoms with Crippen molar-refractivity contribution in [2.75, 3.05) is 0 Å². The van der Waals surface area contributed by atoms with Crippen molar-refractivity contribution in [3.63, 3.8) is 0 Å². The van der Waals surface area contributed by atoms with Crippen molar-refractivity contribution in [3.8, 4) is 0 Å². The van der Waals surface area contributed by atoms with E-state index < -0.39 is 0 Å². The molecule has 100 valence electrons. The highest BCUT2D eigenvalue weighted by molar-refractivity contribution is 5.12. The van der Waals surface area contributed by atoms with Crippen molar-refractivity contribution in [2.45, 2.75) is 77.8 Å². The van der Waals surface area contributed by atoms with Crippen molar-refractivity contribution < 1.29 is 0 Å². The number of nitrogens with two attached hydrogens (primary N) is 2. The first kappa shape index (κ1) is 13.4. The molecular weight excluding hydrogens is 208 g/mol. The SMILES string of the molecule is CC(C)(C)C1(N)CC(CC(C)(C)C2(N)CC2)C1. The van der Waals surface area contributed by atoms with Gasteiger partial charge in [0.2, 0.25) is 0 Å². The number of rotatable bonds is 3. The first-order valence-electron chi connectivity index (χ1n) is 7.07. The Morgan fingerprint density at radius 3 is 1.76 bits per heavy atom. The van der Waals surface area contributed by atoms with Crippen molar-refractivity contribution in [3.05, 3.63) is 0 Å². The smallest absolute Gasteiger partial charge is 0.0208 e. The third-order valence-electron chi connectivity index (χ3n) is 5.74. The summed E-state index contributed by atoms with van der Waals surface area (Å²) in [5, 5.41) is 0. The second kappa shape index (κ2) is 3.48. The lowest BCUT2D eigenvalue weighted by Gasteiger charge is -2.55. The van der Waals surface area contributed by atoms with Crippen LogP contribution in [0.4, 0.5) is 0 Å². The van der Waals surface area contributed by atoms with Crippen LogP contribution in [0.25, 0.3) is 0 Å². The van der Waals surface area contributed by atoms with Gasteiger partial charge in [0.25, 0.3) is 0 Å². The summed E-state index contributed by atoms with van der Waals surface area (Å²) in [6, 6.07) is 0. The van der Waals surface area contributed by atoms with Crippen LogP contribution in [0.2, 0.25) is 0 Å². The van der Waals surface area contributed by atoms with Crippen LogP contribution >= 0.6 is 0 Å². The molecule has 0 aromatic rings. The summed E-state index contributed by atoms with van der Waals surface area (Å²) in [5.41, 5.74) is 13.6. The molecule has 0 aromatic heterocycles. The molecule has 0 aromatic carbocycles. The molecule has 0 heterocycles. The summed E-state index contributed by atoms with van der Waals surface area (Å²) in [7, 11) is 0. The molecule has 2 rings (SSSR count). The molecule has 0 saturated heterocycles. The maximum absolute atomic E-state index is 6.48. The lowest BCUT2D eigenvalue weighted by atomic mass is 9.54. The van der Waals surface area contributed by atoms with Gasteiger partial charge in [-0.1, -0.05) is 34.6 Å². The van der Waals surface area contributed by atoms with Crippen LogP contribution in [0.3, 0.4) is 0 Å². The van der Waals surface area contributed by atoms with Gasteiger partial charge in [-0.05, 0) is 48.9 Å². The van der Waals surface area contributed by atoms with Crippen LogP contribution in [0.1, 0.15) is 66.7 Å². The lowest BCUT2D eigenvalue weighted by molar-refractivity contribution is 0.00903. The monoisotopic (exact) mass is 238 g/mol. The van der Waals surface area contributed by atoms with Gasteiger partial charge in [0.1, 0.15) is 0 Å². The van der Waals surface area contributed by atoms with Crippen molar-refractivity contribution in [2.24, 2.45) is 28.2 Å². The Hall–Kier alpha value is -0.0800. The second-order valence-corrected chi connectivity index (χ2v) is 8.42. The average Bonchev–Trinajstić information content (AvgIpc) is 2.79. The first-order chi connectivity index (χ1) is 7.49. The summed E-state index contributed by atoms with van der Waals surface area (Å²) in [5.74, 6) is 0.787. The second-order valence-electron chi connectivity index (χ2n) is 8.42. The Morgan fingerprint density at radius 2 is 1.41 bits per heavy atom. The van der Waals surface area contributed by atoms with Crippen LogP contribution in [-0.2, 0) is 0 Å². The fourth-order valence-corrected chi connectivity index (χ4v) is 3.46. The van der Waals surface area contributed by atoms with Crippen LogP contribution in [0, 0.1) is 16.7 Å². The molecule has 2 heteroatoms. The predicted molar refractivity (Wildman–Crippen MR) is 73.6 cm³/mol. The summed E-state index contributed by atoms with van der Waals surface area (Å²) in [6.07, 6.45) is 6.02. The standard InChI is InChI=1S/C15H30N2/c1-12(2,3)15(17)9-11(10-15)8-13(4,5)14(16)6-7-14/h11H,6-10,16-17H2,1-5H3. The van der Waals surface area contributed by atoms with E-state index in [2.05, 4.69) is 34.6 Å². The molecule has 0 atom stereocenters. The highest BCUT2D eigenvalue weighted by Crippen LogP contribution is 2.56. The van der Waals surface area contributed by atoms with Crippen molar-refractivity contribution >= 4 is 0 Å². The average molecular weight is 238 g/mol. The zero-order valence-electron chi connectivity index (χ0n) is 12.3. The van der Waals surface area contributed by atoms with Gasteiger partial charge in [0, 0.05) is 11.1 Å². The Kier molecular flexibility index (Phi) is 2.73. The summed E-state index contributed by atoms with van der Waals surface area (Å²) >= 11 is 0. The Morgan fingerprint density at radius 1 is 0.941 bits per heavy atom. The van der Waals surface area contributed by atoms with Crippen molar-refractivity contribution in [1.82, 2.24) is 0 Å². The molecule has 2 aliphatic rings. The van der Waals surface area contributed by atoms with Crippen LogP contribution in [0.5, 0.6) is 0 Å². The van der Waals surface area contributed by atoms with E-state index in [1.54, 1.807) is 0 Å². The largest absolute Gasteiger partial charge is 0.325 e. The molecular formula is C15H30N2.